The molecular weight excluding hydrogens is 182 g/mol. The Bertz CT molecular complexity index is 523. The number of aromatic nitrogens is 5. The first-order chi connectivity index (χ1) is 6.93. The summed E-state index contributed by atoms with van der Waals surface area (Å²) in [6.07, 6.45) is 0. The van der Waals surface area contributed by atoms with E-state index >= 15 is 0 Å². The number of benzene rings is 1. The molecule has 0 aliphatic heterocycles. The summed E-state index contributed by atoms with van der Waals surface area (Å²) in [6, 6.07) is 7.49. The van der Waals surface area contributed by atoms with Gasteiger partial charge in [-0.2, -0.15) is 0 Å². The molecule has 3 rings (SSSR count). The Morgan fingerprint density at radius 3 is 2.93 bits per heavy atom. The Morgan fingerprint density at radius 1 is 1.21 bits per heavy atom. The zero-order chi connectivity index (χ0) is 9.38. The van der Waals surface area contributed by atoms with Crippen LogP contribution in [0.5, 0.6) is 0 Å². The van der Waals surface area contributed by atoms with E-state index in [1.54, 1.807) is 0 Å². The Morgan fingerprint density at radius 2 is 2.14 bits per heavy atom. The topological polar surface area (TPSA) is 80.5 Å². The van der Waals surface area contributed by atoms with Crippen LogP contribution in [0.3, 0.4) is 0 Å². The van der Waals surface area contributed by atoms with E-state index in [1.165, 1.54) is 0 Å². The molecule has 1 N–H and O–H groups in total. The van der Waals surface area contributed by atoms with E-state index in [-0.39, 0.29) is 0 Å². The van der Waals surface area contributed by atoms with Crippen LogP contribution < -0.4 is 0 Å². The molecule has 2 heterocycles. The lowest BCUT2D eigenvalue weighted by molar-refractivity contribution is 0.613. The van der Waals surface area contributed by atoms with Gasteiger partial charge in [0.25, 0.3) is 5.89 Å². The molecule has 1 aromatic carbocycles. The van der Waals surface area contributed by atoms with Crippen LogP contribution in [-0.4, -0.2) is 25.6 Å². The van der Waals surface area contributed by atoms with E-state index in [0.717, 1.165) is 11.1 Å². The number of nitrogens with one attached hydrogen (secondary N) is 1. The second-order valence-corrected chi connectivity index (χ2v) is 2.74. The molecule has 6 nitrogen and oxygen atoms in total. The number of rotatable bonds is 1. The number of nitrogens with zero attached hydrogens (tertiary/aromatic N) is 4. The third-order valence-corrected chi connectivity index (χ3v) is 1.84. The molecule has 0 unspecified atom stereocenters. The molecule has 14 heavy (non-hydrogen) atoms. The van der Waals surface area contributed by atoms with E-state index < -0.39 is 0 Å². The van der Waals surface area contributed by atoms with Crippen molar-refractivity contribution in [2.45, 2.75) is 0 Å². The summed E-state index contributed by atoms with van der Waals surface area (Å²) in [7, 11) is 0. The van der Waals surface area contributed by atoms with E-state index in [0.29, 0.717) is 11.7 Å². The van der Waals surface area contributed by atoms with Crippen molar-refractivity contribution in [2.75, 3.05) is 0 Å². The van der Waals surface area contributed by atoms with Gasteiger partial charge in [-0.25, -0.2) is 10.1 Å². The number of fused-ring (bicyclic) bond motifs is 1. The second kappa shape index (κ2) is 2.63. The van der Waals surface area contributed by atoms with E-state index in [1.807, 2.05) is 24.3 Å². The SMILES string of the molecule is c1ccc2oc(-c3nnn[nH]3)nc2c1. The van der Waals surface area contributed by atoms with Crippen molar-refractivity contribution in [1.29, 1.82) is 0 Å². The van der Waals surface area contributed by atoms with Crippen LogP contribution in [0.15, 0.2) is 28.7 Å². The standard InChI is InChI=1S/C8H5N5O/c1-2-4-6-5(3-1)9-8(14-6)7-10-12-13-11-7/h1-4H,(H,10,11,12,13). The van der Waals surface area contributed by atoms with E-state index in [9.17, 15) is 0 Å². The van der Waals surface area contributed by atoms with Crippen molar-refractivity contribution in [3.63, 3.8) is 0 Å². The van der Waals surface area contributed by atoms with Gasteiger partial charge in [0.05, 0.1) is 0 Å². The molecule has 0 amide bonds. The Balaban J connectivity index is 2.24. The van der Waals surface area contributed by atoms with Gasteiger partial charge in [-0.3, -0.25) is 0 Å². The van der Waals surface area contributed by atoms with Gasteiger partial charge in [-0.15, -0.1) is 5.10 Å². The summed E-state index contributed by atoms with van der Waals surface area (Å²) in [5, 5.41) is 13.2. The number of oxazole rings is 1. The van der Waals surface area contributed by atoms with Crippen molar-refractivity contribution in [1.82, 2.24) is 25.6 Å². The van der Waals surface area contributed by atoms with Crippen molar-refractivity contribution in [3.05, 3.63) is 24.3 Å². The highest BCUT2D eigenvalue weighted by atomic mass is 16.3. The summed E-state index contributed by atoms with van der Waals surface area (Å²) in [5.74, 6) is 0.831. The summed E-state index contributed by atoms with van der Waals surface area (Å²) >= 11 is 0. The minimum absolute atomic E-state index is 0.399. The zero-order valence-electron chi connectivity index (χ0n) is 7.01. The molecule has 3 aromatic rings. The van der Waals surface area contributed by atoms with Gasteiger partial charge in [0, 0.05) is 0 Å². The van der Waals surface area contributed by atoms with Gasteiger partial charge in [-0.1, -0.05) is 12.1 Å². The van der Waals surface area contributed by atoms with Crippen LogP contribution in [-0.2, 0) is 0 Å². The van der Waals surface area contributed by atoms with Gasteiger partial charge in [-0.05, 0) is 22.6 Å². The fourth-order valence-electron chi connectivity index (χ4n) is 1.22. The normalized spacial score (nSPS) is 10.9. The van der Waals surface area contributed by atoms with Crippen LogP contribution in [0.25, 0.3) is 22.8 Å². The fraction of sp³-hybridized carbons (Fsp3) is 0. The van der Waals surface area contributed by atoms with Gasteiger partial charge < -0.3 is 4.42 Å². The summed E-state index contributed by atoms with van der Waals surface area (Å²) in [6.45, 7) is 0. The van der Waals surface area contributed by atoms with Crippen LogP contribution in [0, 0.1) is 0 Å². The van der Waals surface area contributed by atoms with Crippen molar-refractivity contribution in [2.24, 2.45) is 0 Å². The number of hydrogen-bond acceptors (Lipinski definition) is 5. The number of tetrazole rings is 1. The monoisotopic (exact) mass is 187 g/mol. The second-order valence-electron chi connectivity index (χ2n) is 2.74. The average Bonchev–Trinajstić information content (AvgIpc) is 2.86. The zero-order valence-corrected chi connectivity index (χ0v) is 7.01. The molecule has 2 aromatic heterocycles. The van der Waals surface area contributed by atoms with Gasteiger partial charge in [0.2, 0.25) is 5.82 Å². The Labute approximate surface area is 78.0 Å². The van der Waals surface area contributed by atoms with E-state index in [2.05, 4.69) is 25.6 Å². The summed E-state index contributed by atoms with van der Waals surface area (Å²) < 4.78 is 5.43. The molecule has 0 saturated heterocycles. The minimum Gasteiger partial charge on any atom is -0.434 e. The predicted molar refractivity (Wildman–Crippen MR) is 47.2 cm³/mol. The van der Waals surface area contributed by atoms with Crippen LogP contribution in [0.1, 0.15) is 0 Å². The highest BCUT2D eigenvalue weighted by molar-refractivity contribution is 5.74. The molecule has 0 aliphatic carbocycles. The summed E-state index contributed by atoms with van der Waals surface area (Å²) in [4.78, 5) is 4.21. The molecule has 0 saturated carbocycles. The molecule has 0 radical (unpaired) electrons. The first-order valence-corrected chi connectivity index (χ1v) is 4.03. The lowest BCUT2D eigenvalue weighted by Crippen LogP contribution is -1.79. The van der Waals surface area contributed by atoms with Crippen molar-refractivity contribution in [3.8, 4) is 11.7 Å². The van der Waals surface area contributed by atoms with Gasteiger partial charge in [0.15, 0.2) is 5.58 Å². The van der Waals surface area contributed by atoms with Crippen molar-refractivity contribution < 1.29 is 4.42 Å². The van der Waals surface area contributed by atoms with E-state index in [4.69, 9.17) is 4.42 Å². The number of para-hydroxylation sites is 2. The summed E-state index contributed by atoms with van der Waals surface area (Å²) in [5.41, 5.74) is 1.51. The largest absolute Gasteiger partial charge is 0.434 e. The maximum Gasteiger partial charge on any atom is 0.267 e. The lowest BCUT2D eigenvalue weighted by atomic mass is 10.3. The Hall–Kier alpha value is -2.24. The maximum atomic E-state index is 5.43. The smallest absolute Gasteiger partial charge is 0.267 e. The molecule has 6 heteroatoms. The fourth-order valence-corrected chi connectivity index (χ4v) is 1.22. The highest BCUT2D eigenvalue weighted by Crippen LogP contribution is 2.19. The quantitative estimate of drug-likeness (QED) is 0.614. The highest BCUT2D eigenvalue weighted by Gasteiger charge is 2.09. The molecule has 0 atom stereocenters. The number of H-pyrrole nitrogens is 1. The van der Waals surface area contributed by atoms with Crippen LogP contribution >= 0.6 is 0 Å². The van der Waals surface area contributed by atoms with Crippen LogP contribution in [0.4, 0.5) is 0 Å². The van der Waals surface area contributed by atoms with Crippen molar-refractivity contribution >= 4 is 11.1 Å². The first-order valence-electron chi connectivity index (χ1n) is 4.03. The molecule has 68 valence electrons. The predicted octanol–water partition coefficient (Wildman–Crippen LogP) is 1.01. The Kier molecular flexibility index (Phi) is 1.35. The minimum atomic E-state index is 0.399. The number of aromatic amines is 1. The molecule has 0 fully saturated rings. The molecular formula is C8H5N5O. The number of hydrogen-bond donors (Lipinski definition) is 1. The molecule has 0 bridgehead atoms. The molecule has 0 aliphatic rings. The van der Waals surface area contributed by atoms with Crippen LogP contribution in [0.2, 0.25) is 0 Å². The molecule has 0 spiro atoms. The lowest BCUT2D eigenvalue weighted by Gasteiger charge is -1.81. The van der Waals surface area contributed by atoms with Gasteiger partial charge in [0.1, 0.15) is 5.52 Å². The van der Waals surface area contributed by atoms with Gasteiger partial charge >= 0.3 is 0 Å². The third-order valence-electron chi connectivity index (χ3n) is 1.84. The third kappa shape index (κ3) is 0.972. The maximum absolute atomic E-state index is 5.43. The average molecular weight is 187 g/mol. The first kappa shape index (κ1) is 7.19.